The Hall–Kier alpha value is -4.19. The molecule has 160 valence electrons. The fourth-order valence-electron chi connectivity index (χ4n) is 3.60. The number of aromatic nitrogens is 2. The van der Waals surface area contributed by atoms with Crippen LogP contribution < -0.4 is 10.6 Å². The molecule has 0 aliphatic rings. The summed E-state index contributed by atoms with van der Waals surface area (Å²) in [5, 5.41) is 10.3. The van der Waals surface area contributed by atoms with Crippen LogP contribution in [0.4, 0.5) is 5.69 Å². The molecule has 0 spiro atoms. The van der Waals surface area contributed by atoms with Gasteiger partial charge in [0.15, 0.2) is 0 Å². The van der Waals surface area contributed by atoms with Gasteiger partial charge < -0.3 is 10.6 Å². The van der Waals surface area contributed by atoms with Gasteiger partial charge in [-0.05, 0) is 49.7 Å². The predicted octanol–water partition coefficient (Wildman–Crippen LogP) is 4.77. The monoisotopic (exact) mass is 424 g/mol. The van der Waals surface area contributed by atoms with Gasteiger partial charge in [-0.15, -0.1) is 0 Å². The first-order chi connectivity index (χ1) is 15.5. The van der Waals surface area contributed by atoms with E-state index in [1.54, 1.807) is 36.1 Å². The normalized spacial score (nSPS) is 10.6. The van der Waals surface area contributed by atoms with Crippen molar-refractivity contribution in [1.82, 2.24) is 15.1 Å². The predicted molar refractivity (Wildman–Crippen MR) is 126 cm³/mol. The van der Waals surface area contributed by atoms with Crippen LogP contribution in [0.3, 0.4) is 0 Å². The third-order valence-corrected chi connectivity index (χ3v) is 5.32. The zero-order chi connectivity index (χ0) is 22.7. The van der Waals surface area contributed by atoms with Crippen LogP contribution >= 0.6 is 0 Å². The molecule has 0 bridgehead atoms. The molecule has 0 atom stereocenters. The molecule has 0 fully saturated rings. The molecule has 0 unspecified atom stereocenters. The van der Waals surface area contributed by atoms with Crippen molar-refractivity contribution in [3.05, 3.63) is 101 Å². The average molecular weight is 425 g/mol. The van der Waals surface area contributed by atoms with Crippen LogP contribution in [0.5, 0.6) is 0 Å². The zero-order valence-electron chi connectivity index (χ0n) is 18.2. The quantitative estimate of drug-likeness (QED) is 0.485. The SMILES string of the molecule is CNC(=O)c1cccc(NC(=O)c2cn(-c3ccccc3)nc2-c2cccc(C)c2)c1C. The van der Waals surface area contributed by atoms with E-state index < -0.39 is 0 Å². The van der Waals surface area contributed by atoms with E-state index in [0.717, 1.165) is 16.8 Å². The van der Waals surface area contributed by atoms with E-state index in [0.29, 0.717) is 28.1 Å². The van der Waals surface area contributed by atoms with Crippen LogP contribution in [0, 0.1) is 13.8 Å². The third-order valence-electron chi connectivity index (χ3n) is 5.32. The highest BCUT2D eigenvalue weighted by Gasteiger charge is 2.20. The summed E-state index contributed by atoms with van der Waals surface area (Å²) in [7, 11) is 1.58. The highest BCUT2D eigenvalue weighted by Crippen LogP contribution is 2.27. The van der Waals surface area contributed by atoms with Gasteiger partial charge in [0.05, 0.1) is 11.3 Å². The number of nitrogens with zero attached hydrogens (tertiary/aromatic N) is 2. The van der Waals surface area contributed by atoms with Crippen molar-refractivity contribution < 1.29 is 9.59 Å². The summed E-state index contributed by atoms with van der Waals surface area (Å²) in [5.74, 6) is -0.489. The summed E-state index contributed by atoms with van der Waals surface area (Å²) >= 11 is 0. The molecule has 6 nitrogen and oxygen atoms in total. The van der Waals surface area contributed by atoms with Crippen molar-refractivity contribution in [3.8, 4) is 16.9 Å². The van der Waals surface area contributed by atoms with Crippen molar-refractivity contribution >= 4 is 17.5 Å². The molecule has 2 N–H and O–H groups in total. The van der Waals surface area contributed by atoms with E-state index in [1.807, 2.05) is 68.4 Å². The molecule has 0 saturated carbocycles. The lowest BCUT2D eigenvalue weighted by Crippen LogP contribution is -2.20. The number of rotatable bonds is 5. The number of anilines is 1. The number of hydrogen-bond acceptors (Lipinski definition) is 3. The smallest absolute Gasteiger partial charge is 0.259 e. The number of nitrogens with one attached hydrogen (secondary N) is 2. The molecule has 0 aliphatic carbocycles. The molecule has 1 aromatic heterocycles. The number of para-hydroxylation sites is 1. The Labute approximate surface area is 186 Å². The second-order valence-corrected chi connectivity index (χ2v) is 7.55. The lowest BCUT2D eigenvalue weighted by Gasteiger charge is -2.12. The Morgan fingerprint density at radius 3 is 2.31 bits per heavy atom. The fourth-order valence-corrected chi connectivity index (χ4v) is 3.60. The van der Waals surface area contributed by atoms with Gasteiger partial charge in [0, 0.05) is 30.1 Å². The summed E-state index contributed by atoms with van der Waals surface area (Å²) in [5.41, 5.74) is 5.64. The van der Waals surface area contributed by atoms with Gasteiger partial charge >= 0.3 is 0 Å². The number of amides is 2. The van der Waals surface area contributed by atoms with Crippen LogP contribution in [0.15, 0.2) is 79.0 Å². The Kier molecular flexibility index (Phi) is 5.85. The maximum Gasteiger partial charge on any atom is 0.259 e. The molecule has 1 heterocycles. The van der Waals surface area contributed by atoms with Crippen LogP contribution in [-0.2, 0) is 0 Å². The molecule has 0 radical (unpaired) electrons. The van der Waals surface area contributed by atoms with E-state index in [-0.39, 0.29) is 11.8 Å². The van der Waals surface area contributed by atoms with Crippen molar-refractivity contribution in [2.75, 3.05) is 12.4 Å². The number of hydrogen-bond donors (Lipinski definition) is 2. The fraction of sp³-hybridized carbons (Fsp3) is 0.115. The Morgan fingerprint density at radius 1 is 0.844 bits per heavy atom. The highest BCUT2D eigenvalue weighted by molar-refractivity contribution is 6.09. The molecular weight excluding hydrogens is 400 g/mol. The van der Waals surface area contributed by atoms with Crippen LogP contribution in [0.1, 0.15) is 31.8 Å². The van der Waals surface area contributed by atoms with Gasteiger partial charge in [0.2, 0.25) is 0 Å². The van der Waals surface area contributed by atoms with Crippen LogP contribution in [-0.4, -0.2) is 28.6 Å². The van der Waals surface area contributed by atoms with Crippen molar-refractivity contribution in [2.24, 2.45) is 0 Å². The first kappa shape index (κ1) is 21.1. The van der Waals surface area contributed by atoms with Gasteiger partial charge in [-0.2, -0.15) is 5.10 Å². The summed E-state index contributed by atoms with van der Waals surface area (Å²) < 4.78 is 1.71. The number of carbonyl (C=O) groups is 2. The van der Waals surface area contributed by atoms with Crippen LogP contribution in [0.25, 0.3) is 16.9 Å². The Balaban J connectivity index is 1.76. The molecular formula is C26H24N4O2. The molecule has 4 rings (SSSR count). The first-order valence-electron chi connectivity index (χ1n) is 10.3. The molecule has 0 saturated heterocycles. The lowest BCUT2D eigenvalue weighted by molar-refractivity contribution is 0.0960. The standard InChI is InChI=1S/C26H24N4O2/c1-17-9-7-10-19(15-17)24-22(16-30(29-24)20-11-5-4-6-12-20)26(32)28-23-14-8-13-21(18(23)2)25(31)27-3/h4-16H,1-3H3,(H,27,31)(H,28,32). The molecule has 0 aliphatic heterocycles. The topological polar surface area (TPSA) is 76.0 Å². The average Bonchev–Trinajstić information content (AvgIpc) is 3.26. The van der Waals surface area contributed by atoms with Gasteiger partial charge in [0.25, 0.3) is 11.8 Å². The number of benzene rings is 3. The molecule has 32 heavy (non-hydrogen) atoms. The third kappa shape index (κ3) is 4.16. The minimum Gasteiger partial charge on any atom is -0.355 e. The maximum absolute atomic E-state index is 13.4. The number of carbonyl (C=O) groups excluding carboxylic acids is 2. The van der Waals surface area contributed by atoms with Gasteiger partial charge in [-0.1, -0.05) is 48.0 Å². The largest absolute Gasteiger partial charge is 0.355 e. The van der Waals surface area contributed by atoms with E-state index in [2.05, 4.69) is 10.6 Å². The summed E-state index contributed by atoms with van der Waals surface area (Å²) in [6, 6.07) is 22.8. The van der Waals surface area contributed by atoms with E-state index in [4.69, 9.17) is 5.10 Å². The zero-order valence-corrected chi connectivity index (χ0v) is 18.2. The number of aryl methyl sites for hydroxylation is 1. The van der Waals surface area contributed by atoms with E-state index in [9.17, 15) is 9.59 Å². The van der Waals surface area contributed by atoms with E-state index >= 15 is 0 Å². The molecule has 4 aromatic rings. The molecule has 3 aromatic carbocycles. The minimum absolute atomic E-state index is 0.198. The van der Waals surface area contributed by atoms with Crippen molar-refractivity contribution in [1.29, 1.82) is 0 Å². The Morgan fingerprint density at radius 2 is 1.59 bits per heavy atom. The van der Waals surface area contributed by atoms with Gasteiger partial charge in [-0.25, -0.2) is 4.68 Å². The first-order valence-corrected chi connectivity index (χ1v) is 10.3. The second-order valence-electron chi connectivity index (χ2n) is 7.55. The molecule has 6 heteroatoms. The second kappa shape index (κ2) is 8.89. The maximum atomic E-state index is 13.4. The van der Waals surface area contributed by atoms with E-state index in [1.165, 1.54) is 0 Å². The van der Waals surface area contributed by atoms with Crippen LogP contribution in [0.2, 0.25) is 0 Å². The summed E-state index contributed by atoms with van der Waals surface area (Å²) in [6.07, 6.45) is 1.74. The summed E-state index contributed by atoms with van der Waals surface area (Å²) in [4.78, 5) is 25.5. The van der Waals surface area contributed by atoms with Crippen molar-refractivity contribution in [2.45, 2.75) is 13.8 Å². The molecule has 2 amide bonds. The van der Waals surface area contributed by atoms with Gasteiger partial charge in [-0.3, -0.25) is 9.59 Å². The minimum atomic E-state index is -0.291. The van der Waals surface area contributed by atoms with Crippen molar-refractivity contribution in [3.63, 3.8) is 0 Å². The highest BCUT2D eigenvalue weighted by atomic mass is 16.2. The Bertz CT molecular complexity index is 1290. The lowest BCUT2D eigenvalue weighted by atomic mass is 10.0. The summed E-state index contributed by atoms with van der Waals surface area (Å²) in [6.45, 7) is 3.82. The van der Waals surface area contributed by atoms with Gasteiger partial charge in [0.1, 0.15) is 5.69 Å².